The average Bonchev–Trinajstić information content (AvgIpc) is 2.34. The van der Waals surface area contributed by atoms with Gasteiger partial charge in [-0.25, -0.2) is 0 Å². The predicted octanol–water partition coefficient (Wildman–Crippen LogP) is 4.55. The van der Waals surface area contributed by atoms with Gasteiger partial charge in [-0.2, -0.15) is 0 Å². The summed E-state index contributed by atoms with van der Waals surface area (Å²) in [6, 6.07) is 11.0. The van der Waals surface area contributed by atoms with Gasteiger partial charge in [0.1, 0.15) is 11.5 Å². The van der Waals surface area contributed by atoms with Crippen molar-refractivity contribution in [3.63, 3.8) is 0 Å². The second-order valence-electron chi connectivity index (χ2n) is 3.99. The lowest BCUT2D eigenvalue weighted by molar-refractivity contribution is 0.476. The van der Waals surface area contributed by atoms with Crippen LogP contribution in [0, 0.1) is 6.92 Å². The molecular formula is C14H13Cl2NO. The van der Waals surface area contributed by atoms with Gasteiger partial charge in [0.05, 0.1) is 5.02 Å². The Labute approximate surface area is 116 Å². The summed E-state index contributed by atoms with van der Waals surface area (Å²) in [5.41, 5.74) is 7.63. The molecule has 0 bridgehead atoms. The van der Waals surface area contributed by atoms with Gasteiger partial charge in [-0.1, -0.05) is 35.3 Å². The zero-order valence-corrected chi connectivity index (χ0v) is 11.4. The van der Waals surface area contributed by atoms with Crippen molar-refractivity contribution in [3.8, 4) is 11.5 Å². The van der Waals surface area contributed by atoms with Gasteiger partial charge in [0.15, 0.2) is 0 Å². The molecule has 0 aliphatic carbocycles. The summed E-state index contributed by atoms with van der Waals surface area (Å²) in [4.78, 5) is 0. The Kier molecular flexibility index (Phi) is 4.12. The van der Waals surface area contributed by atoms with Crippen molar-refractivity contribution in [3.05, 3.63) is 57.6 Å². The van der Waals surface area contributed by atoms with Crippen LogP contribution in [0.15, 0.2) is 36.4 Å². The zero-order chi connectivity index (χ0) is 13.1. The van der Waals surface area contributed by atoms with Crippen LogP contribution in [0.5, 0.6) is 11.5 Å². The third-order valence-corrected chi connectivity index (χ3v) is 3.10. The first kappa shape index (κ1) is 13.2. The number of benzene rings is 2. The first-order valence-electron chi connectivity index (χ1n) is 5.52. The molecule has 94 valence electrons. The summed E-state index contributed by atoms with van der Waals surface area (Å²) < 4.78 is 5.80. The largest absolute Gasteiger partial charge is 0.455 e. The molecule has 0 radical (unpaired) electrons. The molecule has 0 aromatic heterocycles. The lowest BCUT2D eigenvalue weighted by Gasteiger charge is -2.12. The first-order valence-corrected chi connectivity index (χ1v) is 6.28. The highest BCUT2D eigenvalue weighted by atomic mass is 35.5. The second-order valence-corrected chi connectivity index (χ2v) is 4.84. The molecule has 0 fully saturated rings. The molecule has 2 rings (SSSR count). The Hall–Kier alpha value is -1.22. The Balaban J connectivity index is 2.38. The molecule has 0 saturated heterocycles. The summed E-state index contributed by atoms with van der Waals surface area (Å²) in [5.74, 6) is 1.24. The summed E-state index contributed by atoms with van der Waals surface area (Å²) in [6.07, 6.45) is 0. The van der Waals surface area contributed by atoms with Crippen molar-refractivity contribution in [1.82, 2.24) is 0 Å². The van der Waals surface area contributed by atoms with E-state index in [9.17, 15) is 0 Å². The van der Waals surface area contributed by atoms with Gasteiger partial charge < -0.3 is 10.5 Å². The van der Waals surface area contributed by atoms with Gasteiger partial charge in [0.2, 0.25) is 0 Å². The normalized spacial score (nSPS) is 10.4. The van der Waals surface area contributed by atoms with Crippen LogP contribution in [0.3, 0.4) is 0 Å². The standard InChI is InChI=1S/C14H13Cl2NO/c1-9-2-5-12(16)14(6-9)18-13-7-11(15)4-3-10(13)8-17/h2-7H,8,17H2,1H3. The topological polar surface area (TPSA) is 35.2 Å². The van der Waals surface area contributed by atoms with E-state index in [4.69, 9.17) is 33.7 Å². The Morgan fingerprint density at radius 3 is 2.56 bits per heavy atom. The molecule has 0 atom stereocenters. The summed E-state index contributed by atoms with van der Waals surface area (Å²) in [7, 11) is 0. The highest BCUT2D eigenvalue weighted by molar-refractivity contribution is 6.32. The van der Waals surface area contributed by atoms with E-state index in [0.29, 0.717) is 28.1 Å². The highest BCUT2D eigenvalue weighted by Gasteiger charge is 2.08. The van der Waals surface area contributed by atoms with Crippen LogP contribution in [-0.2, 0) is 6.54 Å². The van der Waals surface area contributed by atoms with Crippen LogP contribution in [0.2, 0.25) is 10.0 Å². The zero-order valence-electron chi connectivity index (χ0n) is 9.91. The minimum atomic E-state index is 0.385. The molecule has 18 heavy (non-hydrogen) atoms. The van der Waals surface area contributed by atoms with Crippen molar-refractivity contribution >= 4 is 23.2 Å². The maximum atomic E-state index is 6.09. The van der Waals surface area contributed by atoms with Gasteiger partial charge >= 0.3 is 0 Å². The van der Waals surface area contributed by atoms with Crippen molar-refractivity contribution in [2.24, 2.45) is 5.73 Å². The van der Waals surface area contributed by atoms with E-state index in [-0.39, 0.29) is 0 Å². The van der Waals surface area contributed by atoms with Crippen LogP contribution < -0.4 is 10.5 Å². The second kappa shape index (κ2) is 5.61. The summed E-state index contributed by atoms with van der Waals surface area (Å²) in [5, 5.41) is 1.16. The Bertz CT molecular complexity index is 570. The fraction of sp³-hybridized carbons (Fsp3) is 0.143. The first-order chi connectivity index (χ1) is 8.60. The average molecular weight is 282 g/mol. The minimum Gasteiger partial charge on any atom is -0.455 e. The van der Waals surface area contributed by atoms with E-state index in [0.717, 1.165) is 11.1 Å². The molecule has 0 unspecified atom stereocenters. The van der Waals surface area contributed by atoms with Crippen LogP contribution in [0.25, 0.3) is 0 Å². The van der Waals surface area contributed by atoms with Crippen molar-refractivity contribution < 1.29 is 4.74 Å². The quantitative estimate of drug-likeness (QED) is 0.896. The third-order valence-electron chi connectivity index (χ3n) is 2.56. The molecule has 0 saturated carbocycles. The highest BCUT2D eigenvalue weighted by Crippen LogP contribution is 2.33. The van der Waals surface area contributed by atoms with Gasteiger partial charge in [-0.15, -0.1) is 0 Å². The number of hydrogen-bond donors (Lipinski definition) is 1. The fourth-order valence-electron chi connectivity index (χ4n) is 1.60. The van der Waals surface area contributed by atoms with E-state index < -0.39 is 0 Å². The minimum absolute atomic E-state index is 0.385. The smallest absolute Gasteiger partial charge is 0.146 e. The molecule has 0 heterocycles. The van der Waals surface area contributed by atoms with Crippen LogP contribution in [0.4, 0.5) is 0 Å². The van der Waals surface area contributed by atoms with E-state index in [2.05, 4.69) is 0 Å². The van der Waals surface area contributed by atoms with Crippen molar-refractivity contribution in [2.75, 3.05) is 0 Å². The van der Waals surface area contributed by atoms with Crippen molar-refractivity contribution in [1.29, 1.82) is 0 Å². The molecule has 4 heteroatoms. The van der Waals surface area contributed by atoms with Crippen LogP contribution >= 0.6 is 23.2 Å². The molecule has 0 amide bonds. The molecule has 0 aliphatic heterocycles. The lowest BCUT2D eigenvalue weighted by Crippen LogP contribution is -1.99. The van der Waals surface area contributed by atoms with Crippen molar-refractivity contribution in [2.45, 2.75) is 13.5 Å². The Morgan fingerprint density at radius 1 is 1.06 bits per heavy atom. The fourth-order valence-corrected chi connectivity index (χ4v) is 1.92. The molecule has 2 aromatic carbocycles. The number of hydrogen-bond acceptors (Lipinski definition) is 2. The predicted molar refractivity (Wildman–Crippen MR) is 75.6 cm³/mol. The number of aryl methyl sites for hydroxylation is 1. The van der Waals surface area contributed by atoms with Crippen LogP contribution in [-0.4, -0.2) is 0 Å². The third kappa shape index (κ3) is 2.96. The van der Waals surface area contributed by atoms with Gasteiger partial charge in [-0.3, -0.25) is 0 Å². The van der Waals surface area contributed by atoms with E-state index >= 15 is 0 Å². The Morgan fingerprint density at radius 2 is 1.83 bits per heavy atom. The summed E-state index contributed by atoms with van der Waals surface area (Å²) >= 11 is 12.0. The van der Waals surface area contributed by atoms with Gasteiger partial charge in [0, 0.05) is 17.1 Å². The molecule has 2 nitrogen and oxygen atoms in total. The molecule has 2 aromatic rings. The molecule has 0 spiro atoms. The van der Waals surface area contributed by atoms with Gasteiger partial charge in [0.25, 0.3) is 0 Å². The summed E-state index contributed by atoms with van der Waals surface area (Å²) in [6.45, 7) is 2.36. The monoisotopic (exact) mass is 281 g/mol. The number of rotatable bonds is 3. The number of nitrogens with two attached hydrogens (primary N) is 1. The number of ether oxygens (including phenoxy) is 1. The maximum Gasteiger partial charge on any atom is 0.146 e. The van der Waals surface area contributed by atoms with E-state index in [1.165, 1.54) is 0 Å². The lowest BCUT2D eigenvalue weighted by atomic mass is 10.2. The molecular weight excluding hydrogens is 269 g/mol. The maximum absolute atomic E-state index is 6.09. The van der Waals surface area contributed by atoms with Gasteiger partial charge in [-0.05, 0) is 36.8 Å². The number of halogens is 2. The SMILES string of the molecule is Cc1ccc(Cl)c(Oc2cc(Cl)ccc2CN)c1. The van der Waals surface area contributed by atoms with E-state index in [1.807, 2.05) is 25.1 Å². The van der Waals surface area contributed by atoms with E-state index in [1.54, 1.807) is 18.2 Å². The van der Waals surface area contributed by atoms with Crippen LogP contribution in [0.1, 0.15) is 11.1 Å². The molecule has 2 N–H and O–H groups in total. The molecule has 0 aliphatic rings.